The molecule has 12 nitrogen and oxygen atoms in total. The number of ether oxygens (including phenoxy) is 2. The molecule has 0 bridgehead atoms. The molecule has 13 heteroatoms. The van der Waals surface area contributed by atoms with Crippen molar-refractivity contribution in [2.45, 2.75) is 174 Å². The summed E-state index contributed by atoms with van der Waals surface area (Å²) in [5.74, 6) is -0.316. The van der Waals surface area contributed by atoms with E-state index in [4.69, 9.17) is 19.1 Å². The molecule has 1 unspecified atom stereocenters. The largest absolute Gasteiger partial charge is 0.472 e. The molecule has 0 saturated heterocycles. The molecule has 59 heavy (non-hydrogen) atoms. The van der Waals surface area contributed by atoms with E-state index in [9.17, 15) is 34.4 Å². The van der Waals surface area contributed by atoms with Gasteiger partial charge < -0.3 is 34.8 Å². The number of carbonyl (C=O) groups excluding carboxylic acids is 2. The second kappa shape index (κ2) is 39.5. The van der Waals surface area contributed by atoms with Crippen molar-refractivity contribution in [3.05, 3.63) is 72.9 Å². The minimum absolute atomic E-state index is 0.00451. The van der Waals surface area contributed by atoms with Crippen LogP contribution in [0.4, 0.5) is 0 Å². The third-order valence-electron chi connectivity index (χ3n) is 8.98. The topological polar surface area (TPSA) is 189 Å². The number of hydrogen-bond acceptors (Lipinski definition) is 11. The third kappa shape index (κ3) is 40.5. The maximum Gasteiger partial charge on any atom is 0.472 e. The molecular weight excluding hydrogens is 775 g/mol. The van der Waals surface area contributed by atoms with Crippen molar-refractivity contribution in [1.29, 1.82) is 0 Å². The quantitative estimate of drug-likeness (QED) is 0.0130. The number of unbranched alkanes of at least 4 members (excludes halogenated alkanes) is 12. The molecule has 0 aromatic rings. The highest BCUT2D eigenvalue weighted by molar-refractivity contribution is 7.47. The Hall–Kier alpha value is -2.67. The molecule has 0 saturated carbocycles. The number of rotatable bonds is 39. The lowest BCUT2D eigenvalue weighted by atomic mass is 10.0. The van der Waals surface area contributed by atoms with Crippen LogP contribution >= 0.6 is 7.82 Å². The first-order valence-electron chi connectivity index (χ1n) is 22.0. The predicted molar refractivity (Wildman–Crippen MR) is 235 cm³/mol. The fraction of sp³-hybridized carbons (Fsp3) is 0.696. The van der Waals surface area contributed by atoms with Crippen molar-refractivity contribution in [3.63, 3.8) is 0 Å². The smallest absolute Gasteiger partial charge is 0.462 e. The van der Waals surface area contributed by atoms with Crippen LogP contribution in [0.2, 0.25) is 0 Å². The zero-order chi connectivity index (χ0) is 43.8. The summed E-state index contributed by atoms with van der Waals surface area (Å²) in [6.45, 7) is 4.27. The normalized spacial score (nSPS) is 15.7. The Labute approximate surface area is 355 Å². The van der Waals surface area contributed by atoms with Crippen LogP contribution in [0.5, 0.6) is 0 Å². The lowest BCUT2D eigenvalue weighted by molar-refractivity contribution is -0.161. The van der Waals surface area contributed by atoms with Gasteiger partial charge in [-0.05, 0) is 44.4 Å². The molecule has 0 fully saturated rings. The lowest BCUT2D eigenvalue weighted by Crippen LogP contribution is -2.29. The summed E-state index contributed by atoms with van der Waals surface area (Å²) in [6, 6.07) is 0. The van der Waals surface area contributed by atoms with Crippen LogP contribution < -0.4 is 0 Å². The minimum atomic E-state index is -4.68. The van der Waals surface area contributed by atoms with Crippen LogP contribution in [0.25, 0.3) is 0 Å². The van der Waals surface area contributed by atoms with Gasteiger partial charge in [-0.3, -0.25) is 18.6 Å². The highest BCUT2D eigenvalue weighted by atomic mass is 31.2. The molecule has 0 spiro atoms. The molecular formula is C46H79O12P. The number of carbonyl (C=O) groups is 2. The Bertz CT molecular complexity index is 1260. The number of hydrogen-bond donors (Lipinski definition) is 5. The second-order valence-electron chi connectivity index (χ2n) is 15.2. The van der Waals surface area contributed by atoms with Crippen LogP contribution in [0, 0.1) is 5.92 Å². The Morgan fingerprint density at radius 1 is 0.644 bits per heavy atom. The van der Waals surface area contributed by atoms with Crippen LogP contribution in [-0.2, 0) is 32.7 Å². The molecule has 0 heterocycles. The number of allylic oxidation sites excluding steroid dienone is 8. The number of aliphatic hydroxyl groups excluding tert-OH is 4. The van der Waals surface area contributed by atoms with E-state index in [1.807, 2.05) is 49.5 Å². The fourth-order valence-electron chi connectivity index (χ4n) is 5.56. The van der Waals surface area contributed by atoms with Gasteiger partial charge in [-0.2, -0.15) is 0 Å². The second-order valence-corrected chi connectivity index (χ2v) is 16.7. The van der Waals surface area contributed by atoms with Gasteiger partial charge in [-0.1, -0.05) is 171 Å². The first kappa shape index (κ1) is 56.3. The van der Waals surface area contributed by atoms with Gasteiger partial charge in [-0.25, -0.2) is 4.57 Å². The van der Waals surface area contributed by atoms with Gasteiger partial charge in [-0.15, -0.1) is 0 Å². The summed E-state index contributed by atoms with van der Waals surface area (Å²) >= 11 is 0. The summed E-state index contributed by atoms with van der Waals surface area (Å²) in [6.07, 6.45) is 36.6. The van der Waals surface area contributed by atoms with Gasteiger partial charge in [0.2, 0.25) is 0 Å². The van der Waals surface area contributed by atoms with E-state index in [2.05, 4.69) is 18.4 Å². The molecule has 5 atom stereocenters. The van der Waals surface area contributed by atoms with Crippen molar-refractivity contribution in [1.82, 2.24) is 0 Å². The van der Waals surface area contributed by atoms with E-state index in [0.717, 1.165) is 31.6 Å². The van der Waals surface area contributed by atoms with Gasteiger partial charge in [0.25, 0.3) is 0 Å². The van der Waals surface area contributed by atoms with Gasteiger partial charge in [0, 0.05) is 12.8 Å². The first-order chi connectivity index (χ1) is 28.4. The molecule has 0 amide bonds. The highest BCUT2D eigenvalue weighted by Crippen LogP contribution is 2.43. The van der Waals surface area contributed by atoms with Crippen LogP contribution in [0.15, 0.2) is 72.9 Å². The lowest BCUT2D eigenvalue weighted by Gasteiger charge is -2.20. The van der Waals surface area contributed by atoms with Gasteiger partial charge in [0.15, 0.2) is 6.10 Å². The van der Waals surface area contributed by atoms with Crippen LogP contribution in [-0.4, -0.2) is 88.1 Å². The molecule has 0 aliphatic carbocycles. The summed E-state index contributed by atoms with van der Waals surface area (Å²) in [7, 11) is -4.68. The average Bonchev–Trinajstić information content (AvgIpc) is 3.20. The molecule has 0 rings (SSSR count). The Balaban J connectivity index is 4.56. The average molecular weight is 855 g/mol. The summed E-state index contributed by atoms with van der Waals surface area (Å²) in [5.41, 5.74) is 0. The zero-order valence-corrected chi connectivity index (χ0v) is 37.2. The van der Waals surface area contributed by atoms with E-state index < -0.39 is 64.0 Å². The molecule has 0 aliphatic heterocycles. The molecule has 0 aliphatic rings. The Morgan fingerprint density at radius 2 is 1.22 bits per heavy atom. The number of phosphoric ester groups is 1. The summed E-state index contributed by atoms with van der Waals surface area (Å²) < 4.78 is 32.6. The summed E-state index contributed by atoms with van der Waals surface area (Å²) in [4.78, 5) is 35.0. The number of esters is 2. The first-order valence-corrected chi connectivity index (χ1v) is 23.5. The molecule has 0 aromatic heterocycles. The Kier molecular flexibility index (Phi) is 37.7. The maximum atomic E-state index is 12.6. The van der Waals surface area contributed by atoms with E-state index in [1.54, 1.807) is 30.4 Å². The van der Waals surface area contributed by atoms with E-state index in [1.165, 1.54) is 57.8 Å². The monoisotopic (exact) mass is 855 g/mol. The molecule has 0 radical (unpaired) electrons. The highest BCUT2D eigenvalue weighted by Gasteiger charge is 2.27. The van der Waals surface area contributed by atoms with E-state index in [0.29, 0.717) is 32.1 Å². The van der Waals surface area contributed by atoms with Gasteiger partial charge in [0.05, 0.1) is 32.0 Å². The minimum Gasteiger partial charge on any atom is -0.462 e. The molecule has 340 valence electrons. The fourth-order valence-corrected chi connectivity index (χ4v) is 6.35. The standard InChI is InChI=1S/C46H79O12P/c1-4-5-22-30-41(48)31-24-18-14-12-15-19-25-32-42(49)33-26-21-28-35-46(52)58-44(39-57-59(53,54)56-37-43(50)36-47)38-55-45(51)34-27-20-16-11-9-7-6-8-10-13-17-23-29-40(2)3/h5,14-15,18-19,22,24-26,31-33,40-44,47-50H,4,6-13,16-17,20-21,23,27-30,34-39H2,1-3H3,(H,53,54)/b18-14-,19-15-,22-5-,31-24+,32-25+,33-26-/t41-,42-,43-,44+/m0/s1. The number of aliphatic hydroxyl groups is 4. The van der Waals surface area contributed by atoms with Crippen LogP contribution in [0.3, 0.4) is 0 Å². The number of phosphoric acid groups is 1. The van der Waals surface area contributed by atoms with Crippen molar-refractivity contribution < 1.29 is 58.0 Å². The van der Waals surface area contributed by atoms with Gasteiger partial charge >= 0.3 is 19.8 Å². The van der Waals surface area contributed by atoms with Crippen molar-refractivity contribution >= 4 is 19.8 Å². The third-order valence-corrected chi connectivity index (χ3v) is 9.93. The summed E-state index contributed by atoms with van der Waals surface area (Å²) in [5, 5.41) is 38.3. The van der Waals surface area contributed by atoms with Gasteiger partial charge in [0.1, 0.15) is 12.7 Å². The Morgan fingerprint density at radius 3 is 1.83 bits per heavy atom. The molecule has 5 N–H and O–H groups in total. The predicted octanol–water partition coefficient (Wildman–Crippen LogP) is 9.47. The van der Waals surface area contributed by atoms with E-state index >= 15 is 0 Å². The van der Waals surface area contributed by atoms with E-state index in [-0.39, 0.29) is 19.4 Å². The zero-order valence-electron chi connectivity index (χ0n) is 36.3. The SMILES string of the molecule is CC/C=C\C[C@H](O)/C=C/C=C\C/C=C\C=C\[C@H](O)/C=C\CCCC(=O)O[C@H](COC(=O)CCCCCCCCCCCCCCC(C)C)COP(=O)(O)OC[C@@H](O)CO. The van der Waals surface area contributed by atoms with Crippen molar-refractivity contribution in [3.8, 4) is 0 Å². The van der Waals surface area contributed by atoms with Crippen molar-refractivity contribution in [2.75, 3.05) is 26.4 Å². The van der Waals surface area contributed by atoms with Crippen molar-refractivity contribution in [2.24, 2.45) is 5.92 Å². The molecule has 0 aromatic carbocycles. The van der Waals surface area contributed by atoms with Crippen LogP contribution in [0.1, 0.15) is 149 Å². The maximum absolute atomic E-state index is 12.6.